The molecule has 0 spiro atoms. The van der Waals surface area contributed by atoms with Gasteiger partial charge in [0, 0.05) is 56.1 Å². The van der Waals surface area contributed by atoms with Gasteiger partial charge in [0.25, 0.3) is 0 Å². The summed E-state index contributed by atoms with van der Waals surface area (Å²) >= 11 is 6.47. The zero-order valence-electron chi connectivity index (χ0n) is 20.0. The molecule has 2 saturated heterocycles. The monoisotopic (exact) mass is 496 g/mol. The van der Waals surface area contributed by atoms with Gasteiger partial charge in [-0.15, -0.1) is 0 Å². The van der Waals surface area contributed by atoms with Crippen LogP contribution in [0, 0.1) is 5.82 Å². The van der Waals surface area contributed by atoms with Crippen LogP contribution in [-0.4, -0.2) is 58.3 Å². The van der Waals surface area contributed by atoms with E-state index in [-0.39, 0.29) is 18.5 Å². The highest BCUT2D eigenvalue weighted by atomic mass is 35.5. The van der Waals surface area contributed by atoms with Crippen LogP contribution < -0.4 is 14.7 Å². The number of benzene rings is 1. The van der Waals surface area contributed by atoms with Crippen molar-refractivity contribution in [2.24, 2.45) is 0 Å². The first-order valence-corrected chi connectivity index (χ1v) is 12.5. The smallest absolute Gasteiger partial charge is 0.228 e. The summed E-state index contributed by atoms with van der Waals surface area (Å²) in [4.78, 5) is 21.1. The number of hydrogen-bond acceptors (Lipinski definition) is 7. The Morgan fingerprint density at radius 3 is 2.49 bits per heavy atom. The molecule has 0 saturated carbocycles. The number of pyridine rings is 1. The average Bonchev–Trinajstić information content (AvgIpc) is 3.30. The Labute approximate surface area is 210 Å². The summed E-state index contributed by atoms with van der Waals surface area (Å²) in [5.41, 5.74) is 2.36. The van der Waals surface area contributed by atoms with Gasteiger partial charge >= 0.3 is 0 Å². The molecular formula is C26H30ClFN6O. The molecule has 0 aliphatic carbocycles. The average molecular weight is 497 g/mol. The van der Waals surface area contributed by atoms with E-state index in [1.165, 1.54) is 12.1 Å². The number of halogens is 2. The lowest BCUT2D eigenvalue weighted by Crippen LogP contribution is -2.52. The third-order valence-electron chi connectivity index (χ3n) is 6.93. The maximum atomic E-state index is 13.6. The van der Waals surface area contributed by atoms with Crippen molar-refractivity contribution in [3.05, 3.63) is 59.0 Å². The molecule has 5 rings (SSSR count). The molecule has 9 heteroatoms. The second kappa shape index (κ2) is 9.95. The minimum Gasteiger partial charge on any atom is -0.392 e. The van der Waals surface area contributed by atoms with Crippen molar-refractivity contribution < 1.29 is 9.50 Å². The van der Waals surface area contributed by atoms with Crippen LogP contribution in [-0.2, 0) is 6.61 Å². The minimum atomic E-state index is -0.263. The minimum absolute atomic E-state index is 0.0841. The Morgan fingerprint density at radius 2 is 1.83 bits per heavy atom. The third-order valence-corrected chi connectivity index (χ3v) is 7.21. The van der Waals surface area contributed by atoms with E-state index >= 15 is 0 Å². The molecule has 2 aromatic heterocycles. The van der Waals surface area contributed by atoms with Crippen LogP contribution in [0.5, 0.6) is 0 Å². The molecule has 0 radical (unpaired) electrons. The van der Waals surface area contributed by atoms with Crippen molar-refractivity contribution >= 4 is 29.2 Å². The lowest BCUT2D eigenvalue weighted by atomic mass is 10.1. The number of aromatic nitrogens is 3. The van der Waals surface area contributed by atoms with Gasteiger partial charge in [-0.25, -0.2) is 14.4 Å². The normalized spacial score (nSPS) is 20.5. The van der Waals surface area contributed by atoms with Gasteiger partial charge in [0.2, 0.25) is 5.95 Å². The quantitative estimate of drug-likeness (QED) is 0.556. The van der Waals surface area contributed by atoms with Crippen LogP contribution >= 0.6 is 11.6 Å². The summed E-state index contributed by atoms with van der Waals surface area (Å²) in [5, 5.41) is 9.89. The van der Waals surface area contributed by atoms with Crippen LogP contribution in [0.15, 0.2) is 42.6 Å². The highest BCUT2D eigenvalue weighted by Crippen LogP contribution is 2.32. The molecule has 7 nitrogen and oxygen atoms in total. The second-order valence-electron chi connectivity index (χ2n) is 9.40. The van der Waals surface area contributed by atoms with Crippen molar-refractivity contribution in [2.75, 3.05) is 40.9 Å². The number of hydrogen-bond donors (Lipinski definition) is 1. The summed E-state index contributed by atoms with van der Waals surface area (Å²) in [6.07, 6.45) is 3.91. The van der Waals surface area contributed by atoms with Gasteiger partial charge in [-0.1, -0.05) is 11.6 Å². The molecule has 4 heterocycles. The van der Waals surface area contributed by atoms with E-state index in [1.54, 1.807) is 24.4 Å². The maximum absolute atomic E-state index is 13.6. The predicted molar refractivity (Wildman–Crippen MR) is 138 cm³/mol. The number of aliphatic hydroxyl groups is 1. The first-order chi connectivity index (χ1) is 16.9. The first kappa shape index (κ1) is 23.8. The van der Waals surface area contributed by atoms with Crippen LogP contribution in [0.4, 0.5) is 22.0 Å². The van der Waals surface area contributed by atoms with E-state index in [4.69, 9.17) is 21.6 Å². The van der Waals surface area contributed by atoms with E-state index in [1.807, 2.05) is 6.07 Å². The fourth-order valence-electron chi connectivity index (χ4n) is 4.98. The molecule has 1 N–H and O–H groups in total. The number of rotatable bonds is 5. The molecule has 0 unspecified atom stereocenters. The molecule has 3 aromatic rings. The number of aliphatic hydroxyl groups excluding tert-OH is 1. The van der Waals surface area contributed by atoms with Crippen molar-refractivity contribution in [1.29, 1.82) is 0 Å². The third kappa shape index (κ3) is 4.90. The molecule has 0 bridgehead atoms. The Morgan fingerprint density at radius 1 is 1.03 bits per heavy atom. The van der Waals surface area contributed by atoms with E-state index in [2.05, 4.69) is 33.5 Å². The lowest BCUT2D eigenvalue weighted by Gasteiger charge is -2.41. The van der Waals surface area contributed by atoms with Gasteiger partial charge in [0.15, 0.2) is 0 Å². The molecule has 2 aliphatic rings. The Kier molecular flexibility index (Phi) is 6.75. The van der Waals surface area contributed by atoms with Gasteiger partial charge in [-0.2, -0.15) is 4.98 Å². The van der Waals surface area contributed by atoms with Crippen molar-refractivity contribution in [1.82, 2.24) is 15.0 Å². The van der Waals surface area contributed by atoms with Gasteiger partial charge in [-0.3, -0.25) is 0 Å². The molecule has 0 amide bonds. The number of piperazine rings is 1. The van der Waals surface area contributed by atoms with Crippen LogP contribution in [0.3, 0.4) is 0 Å². The van der Waals surface area contributed by atoms with Crippen molar-refractivity contribution in [3.63, 3.8) is 0 Å². The highest BCUT2D eigenvalue weighted by molar-refractivity contribution is 6.33. The molecule has 2 fully saturated rings. The summed E-state index contributed by atoms with van der Waals surface area (Å²) in [6, 6.07) is 10.8. The first-order valence-electron chi connectivity index (χ1n) is 12.1. The lowest BCUT2D eigenvalue weighted by molar-refractivity contribution is 0.281. The summed E-state index contributed by atoms with van der Waals surface area (Å²) < 4.78 is 13.6. The van der Waals surface area contributed by atoms with Crippen LogP contribution in [0.25, 0.3) is 11.3 Å². The zero-order chi connectivity index (χ0) is 24.5. The molecule has 2 aliphatic heterocycles. The van der Waals surface area contributed by atoms with Gasteiger partial charge in [0.05, 0.1) is 17.3 Å². The SMILES string of the molecule is C[C@@H]1CN(c2ncc(CO)cc2Cl)CCN1c1cc(-c2ccc(F)cc2)nc(N2CCC[C@H]2C)n1. The Hall–Kier alpha value is -2.97. The number of anilines is 3. The van der Waals surface area contributed by atoms with E-state index in [9.17, 15) is 9.50 Å². The largest absolute Gasteiger partial charge is 0.392 e. The topological polar surface area (TPSA) is 68.6 Å². The van der Waals surface area contributed by atoms with Crippen LogP contribution in [0.2, 0.25) is 5.02 Å². The summed E-state index contributed by atoms with van der Waals surface area (Å²) in [6.45, 7) is 7.44. The Bertz CT molecular complexity index is 1190. The fraction of sp³-hybridized carbons (Fsp3) is 0.423. The van der Waals surface area contributed by atoms with Gasteiger partial charge in [0.1, 0.15) is 17.5 Å². The molecule has 2 atom stereocenters. The van der Waals surface area contributed by atoms with Crippen LogP contribution in [0.1, 0.15) is 32.3 Å². The number of nitrogens with zero attached hydrogens (tertiary/aromatic N) is 6. The summed E-state index contributed by atoms with van der Waals surface area (Å²) in [7, 11) is 0. The van der Waals surface area contributed by atoms with Gasteiger partial charge in [-0.05, 0) is 62.6 Å². The Balaban J connectivity index is 1.44. The fourth-order valence-corrected chi connectivity index (χ4v) is 5.28. The standard InChI is InChI=1S/C26H30ClFN6O/c1-17-4-3-9-34(17)26-30-23(20-5-7-21(28)8-6-20)13-24(31-26)33-11-10-32(15-18(33)2)25-22(27)12-19(16-35)14-29-25/h5-8,12-14,17-18,35H,3-4,9-11,15-16H2,1-2H3/t17-,18-/m1/s1. The second-order valence-corrected chi connectivity index (χ2v) is 9.81. The molecule has 35 heavy (non-hydrogen) atoms. The van der Waals surface area contributed by atoms with E-state index < -0.39 is 0 Å². The zero-order valence-corrected chi connectivity index (χ0v) is 20.8. The maximum Gasteiger partial charge on any atom is 0.228 e. The van der Waals surface area contributed by atoms with Crippen molar-refractivity contribution in [2.45, 2.75) is 45.4 Å². The highest BCUT2D eigenvalue weighted by Gasteiger charge is 2.29. The van der Waals surface area contributed by atoms with Crippen molar-refractivity contribution in [3.8, 4) is 11.3 Å². The molecule has 184 valence electrons. The van der Waals surface area contributed by atoms with E-state index in [0.717, 1.165) is 67.9 Å². The molecule has 1 aromatic carbocycles. The molecular weight excluding hydrogens is 467 g/mol. The van der Waals surface area contributed by atoms with E-state index in [0.29, 0.717) is 16.6 Å². The summed E-state index contributed by atoms with van der Waals surface area (Å²) in [5.74, 6) is 2.07. The van der Waals surface area contributed by atoms with Gasteiger partial charge < -0.3 is 19.8 Å². The predicted octanol–water partition coefficient (Wildman–Crippen LogP) is 4.53.